The maximum atomic E-state index is 5.48. The summed E-state index contributed by atoms with van der Waals surface area (Å²) in [5.41, 5.74) is 2.39. The summed E-state index contributed by atoms with van der Waals surface area (Å²) >= 11 is 0. The van der Waals surface area contributed by atoms with Gasteiger partial charge in [0.2, 0.25) is 5.90 Å². The SMILES string of the molecule is CC(C)N=C1OCc2ccccc21. The van der Waals surface area contributed by atoms with Gasteiger partial charge in [0.05, 0.1) is 0 Å². The molecule has 0 aliphatic carbocycles. The molecule has 1 heterocycles. The largest absolute Gasteiger partial charge is 0.473 e. The minimum absolute atomic E-state index is 0.293. The first-order valence-corrected chi connectivity index (χ1v) is 4.56. The van der Waals surface area contributed by atoms with E-state index in [4.69, 9.17) is 4.74 Å². The van der Waals surface area contributed by atoms with E-state index in [0.717, 1.165) is 11.5 Å². The fourth-order valence-electron chi connectivity index (χ4n) is 1.42. The predicted molar refractivity (Wildman–Crippen MR) is 52.9 cm³/mol. The van der Waals surface area contributed by atoms with Crippen LogP contribution in [0.4, 0.5) is 0 Å². The molecular weight excluding hydrogens is 162 g/mol. The highest BCUT2D eigenvalue weighted by molar-refractivity contribution is 5.97. The molecule has 0 bridgehead atoms. The van der Waals surface area contributed by atoms with Crippen molar-refractivity contribution >= 4 is 5.90 Å². The van der Waals surface area contributed by atoms with Gasteiger partial charge in [-0.3, -0.25) is 0 Å². The summed E-state index contributed by atoms with van der Waals surface area (Å²) in [5, 5.41) is 0. The van der Waals surface area contributed by atoms with E-state index >= 15 is 0 Å². The molecule has 1 aromatic carbocycles. The van der Waals surface area contributed by atoms with Gasteiger partial charge in [-0.05, 0) is 19.9 Å². The number of hydrogen-bond acceptors (Lipinski definition) is 2. The van der Waals surface area contributed by atoms with E-state index in [1.807, 2.05) is 12.1 Å². The van der Waals surface area contributed by atoms with Gasteiger partial charge in [0.1, 0.15) is 6.61 Å². The van der Waals surface area contributed by atoms with Crippen molar-refractivity contribution < 1.29 is 4.74 Å². The Bertz CT molecular complexity index is 342. The molecule has 1 aliphatic heterocycles. The molecule has 0 radical (unpaired) electrons. The topological polar surface area (TPSA) is 21.6 Å². The summed E-state index contributed by atoms with van der Waals surface area (Å²) in [4.78, 5) is 4.41. The number of benzene rings is 1. The van der Waals surface area contributed by atoms with Crippen LogP contribution in [0.3, 0.4) is 0 Å². The molecule has 2 rings (SSSR count). The van der Waals surface area contributed by atoms with Crippen LogP contribution in [-0.2, 0) is 11.3 Å². The number of aliphatic imine (C=N–C) groups is 1. The highest BCUT2D eigenvalue weighted by Gasteiger charge is 2.17. The Hall–Kier alpha value is -1.31. The summed E-state index contributed by atoms with van der Waals surface area (Å²) < 4.78 is 5.48. The minimum Gasteiger partial charge on any atom is -0.473 e. The molecule has 0 N–H and O–H groups in total. The van der Waals surface area contributed by atoms with Gasteiger partial charge in [0.15, 0.2) is 0 Å². The van der Waals surface area contributed by atoms with Crippen molar-refractivity contribution in [3.05, 3.63) is 35.4 Å². The lowest BCUT2D eigenvalue weighted by molar-refractivity contribution is 0.310. The maximum Gasteiger partial charge on any atom is 0.217 e. The number of hydrogen-bond donors (Lipinski definition) is 0. The number of rotatable bonds is 1. The van der Waals surface area contributed by atoms with Crippen LogP contribution in [0.15, 0.2) is 29.3 Å². The lowest BCUT2D eigenvalue weighted by Gasteiger charge is -2.00. The third kappa shape index (κ3) is 1.57. The Morgan fingerprint density at radius 2 is 2.08 bits per heavy atom. The molecule has 2 nitrogen and oxygen atoms in total. The van der Waals surface area contributed by atoms with E-state index in [0.29, 0.717) is 12.6 Å². The molecule has 0 saturated heterocycles. The number of fused-ring (bicyclic) bond motifs is 1. The van der Waals surface area contributed by atoms with E-state index in [9.17, 15) is 0 Å². The van der Waals surface area contributed by atoms with Crippen LogP contribution < -0.4 is 0 Å². The predicted octanol–water partition coefficient (Wildman–Crippen LogP) is 2.37. The van der Waals surface area contributed by atoms with Crippen molar-refractivity contribution in [2.45, 2.75) is 26.5 Å². The summed E-state index contributed by atoms with van der Waals surface area (Å²) in [5.74, 6) is 0.797. The summed E-state index contributed by atoms with van der Waals surface area (Å²) in [7, 11) is 0. The van der Waals surface area contributed by atoms with Crippen molar-refractivity contribution in [1.82, 2.24) is 0 Å². The van der Waals surface area contributed by atoms with Crippen molar-refractivity contribution in [1.29, 1.82) is 0 Å². The molecule has 0 spiro atoms. The van der Waals surface area contributed by atoms with Gasteiger partial charge in [-0.1, -0.05) is 18.2 Å². The smallest absolute Gasteiger partial charge is 0.217 e. The van der Waals surface area contributed by atoms with Gasteiger partial charge in [-0.2, -0.15) is 0 Å². The van der Waals surface area contributed by atoms with Crippen molar-refractivity contribution in [3.8, 4) is 0 Å². The van der Waals surface area contributed by atoms with Crippen LogP contribution >= 0.6 is 0 Å². The lowest BCUT2D eigenvalue weighted by Crippen LogP contribution is -2.02. The fraction of sp³-hybridized carbons (Fsp3) is 0.364. The average Bonchev–Trinajstić information content (AvgIpc) is 2.48. The Balaban J connectivity index is 2.38. The Morgan fingerprint density at radius 1 is 1.31 bits per heavy atom. The van der Waals surface area contributed by atoms with Crippen LogP contribution in [0.2, 0.25) is 0 Å². The Morgan fingerprint density at radius 3 is 2.85 bits per heavy atom. The minimum atomic E-state index is 0.293. The van der Waals surface area contributed by atoms with Crippen LogP contribution in [-0.4, -0.2) is 11.9 Å². The Kier molecular flexibility index (Phi) is 2.05. The fourth-order valence-corrected chi connectivity index (χ4v) is 1.42. The molecule has 2 heteroatoms. The normalized spacial score (nSPS) is 17.6. The van der Waals surface area contributed by atoms with Gasteiger partial charge in [-0.25, -0.2) is 4.99 Å². The second-order valence-electron chi connectivity index (χ2n) is 3.47. The number of nitrogens with zero attached hydrogens (tertiary/aromatic N) is 1. The zero-order valence-corrected chi connectivity index (χ0v) is 7.95. The van der Waals surface area contributed by atoms with Gasteiger partial charge in [0.25, 0.3) is 0 Å². The third-order valence-corrected chi connectivity index (χ3v) is 1.99. The van der Waals surface area contributed by atoms with Gasteiger partial charge in [0, 0.05) is 17.2 Å². The van der Waals surface area contributed by atoms with Crippen molar-refractivity contribution in [3.63, 3.8) is 0 Å². The zero-order chi connectivity index (χ0) is 9.26. The first-order chi connectivity index (χ1) is 6.27. The molecule has 0 fully saturated rings. The monoisotopic (exact) mass is 175 g/mol. The van der Waals surface area contributed by atoms with E-state index in [2.05, 4.69) is 31.0 Å². The molecule has 0 saturated carbocycles. The summed E-state index contributed by atoms with van der Waals surface area (Å²) in [6.07, 6.45) is 0. The van der Waals surface area contributed by atoms with Crippen molar-refractivity contribution in [2.75, 3.05) is 0 Å². The van der Waals surface area contributed by atoms with E-state index in [1.54, 1.807) is 0 Å². The first-order valence-electron chi connectivity index (χ1n) is 4.56. The average molecular weight is 175 g/mol. The van der Waals surface area contributed by atoms with Gasteiger partial charge in [-0.15, -0.1) is 0 Å². The molecule has 0 unspecified atom stereocenters. The van der Waals surface area contributed by atoms with Crippen LogP contribution in [0.1, 0.15) is 25.0 Å². The van der Waals surface area contributed by atoms with Gasteiger partial charge < -0.3 is 4.74 Å². The van der Waals surface area contributed by atoms with Crippen molar-refractivity contribution in [2.24, 2.45) is 4.99 Å². The molecule has 13 heavy (non-hydrogen) atoms. The molecule has 0 atom stereocenters. The van der Waals surface area contributed by atoms with Gasteiger partial charge >= 0.3 is 0 Å². The number of ether oxygens (including phenoxy) is 1. The molecule has 0 amide bonds. The second-order valence-corrected chi connectivity index (χ2v) is 3.47. The summed E-state index contributed by atoms with van der Waals surface area (Å²) in [6, 6.07) is 8.48. The Labute approximate surface area is 78.3 Å². The molecule has 0 aromatic heterocycles. The quantitative estimate of drug-likeness (QED) is 0.642. The van der Waals surface area contributed by atoms with E-state index < -0.39 is 0 Å². The van der Waals surface area contributed by atoms with Crippen LogP contribution in [0.25, 0.3) is 0 Å². The summed E-state index contributed by atoms with van der Waals surface area (Å²) in [6.45, 7) is 4.77. The highest BCUT2D eigenvalue weighted by Crippen LogP contribution is 2.20. The molecule has 1 aliphatic rings. The molecular formula is C11H13NO. The zero-order valence-electron chi connectivity index (χ0n) is 7.95. The first kappa shape index (κ1) is 8.30. The van der Waals surface area contributed by atoms with Crippen LogP contribution in [0, 0.1) is 0 Å². The van der Waals surface area contributed by atoms with E-state index in [1.165, 1.54) is 5.56 Å². The van der Waals surface area contributed by atoms with Crippen LogP contribution in [0.5, 0.6) is 0 Å². The lowest BCUT2D eigenvalue weighted by atomic mass is 10.1. The third-order valence-electron chi connectivity index (χ3n) is 1.99. The molecule has 68 valence electrons. The molecule has 1 aromatic rings. The van der Waals surface area contributed by atoms with E-state index in [-0.39, 0.29) is 0 Å². The standard InChI is InChI=1S/C11H13NO/c1-8(2)12-11-10-6-4-3-5-9(10)7-13-11/h3-6,8H,7H2,1-2H3. The second kappa shape index (κ2) is 3.21. The maximum absolute atomic E-state index is 5.48. The highest BCUT2D eigenvalue weighted by atomic mass is 16.5.